The summed E-state index contributed by atoms with van der Waals surface area (Å²) in [5.41, 5.74) is 1.70. The van der Waals surface area contributed by atoms with Crippen molar-refractivity contribution in [3.8, 4) is 11.3 Å². The number of aromatic amines is 1. The lowest BCUT2D eigenvalue weighted by Gasteiger charge is -2.10. The molecule has 2 heterocycles. The number of carbonyl (C=O) groups excluding carboxylic acids is 2. The van der Waals surface area contributed by atoms with Gasteiger partial charge in [0.2, 0.25) is 11.8 Å². The number of benzene rings is 2. The van der Waals surface area contributed by atoms with Crippen LogP contribution in [0.1, 0.15) is 18.4 Å². The van der Waals surface area contributed by atoms with Gasteiger partial charge in [0, 0.05) is 24.0 Å². The summed E-state index contributed by atoms with van der Waals surface area (Å²) in [5, 5.41) is 5.78. The number of aryl methyl sites for hydroxylation is 1. The third kappa shape index (κ3) is 3.70. The topological polar surface area (TPSA) is 74.0 Å². The highest BCUT2D eigenvalue weighted by molar-refractivity contribution is 5.92. The molecule has 2 aromatic carbocycles. The van der Waals surface area contributed by atoms with E-state index in [-0.39, 0.29) is 30.2 Å². The Kier molecular flexibility index (Phi) is 5.00. The van der Waals surface area contributed by atoms with Gasteiger partial charge in [0.15, 0.2) is 11.6 Å². The predicted octanol–water partition coefficient (Wildman–Crippen LogP) is 3.19. The Hall–Kier alpha value is -3.29. The van der Waals surface area contributed by atoms with Crippen LogP contribution in [0.3, 0.4) is 0 Å². The molecule has 1 aromatic heterocycles. The van der Waals surface area contributed by atoms with E-state index in [2.05, 4.69) is 15.6 Å². The minimum Gasteiger partial charge on any atom is -0.354 e. The van der Waals surface area contributed by atoms with Crippen molar-refractivity contribution in [2.45, 2.75) is 25.3 Å². The van der Waals surface area contributed by atoms with Gasteiger partial charge < -0.3 is 15.6 Å². The highest BCUT2D eigenvalue weighted by Crippen LogP contribution is 2.33. The first-order valence-electron chi connectivity index (χ1n) is 9.25. The molecule has 0 spiro atoms. The zero-order chi connectivity index (χ0) is 20.5. The van der Waals surface area contributed by atoms with Crippen molar-refractivity contribution < 1.29 is 22.8 Å². The molecule has 1 saturated heterocycles. The molecule has 29 heavy (non-hydrogen) atoms. The maximum Gasteiger partial charge on any atom is 0.242 e. The molecule has 1 unspecified atom stereocenters. The van der Waals surface area contributed by atoms with E-state index in [9.17, 15) is 22.8 Å². The molecular weight excluding hydrogens is 383 g/mol. The van der Waals surface area contributed by atoms with Gasteiger partial charge in [-0.05, 0) is 60.4 Å². The molecule has 0 bridgehead atoms. The van der Waals surface area contributed by atoms with E-state index >= 15 is 0 Å². The normalized spacial score (nSPS) is 16.2. The fourth-order valence-corrected chi connectivity index (χ4v) is 3.62. The number of carbonyl (C=O) groups is 2. The van der Waals surface area contributed by atoms with Gasteiger partial charge >= 0.3 is 0 Å². The van der Waals surface area contributed by atoms with E-state index in [4.69, 9.17) is 0 Å². The molecule has 1 aliphatic heterocycles. The van der Waals surface area contributed by atoms with Crippen molar-refractivity contribution in [3.63, 3.8) is 0 Å². The summed E-state index contributed by atoms with van der Waals surface area (Å²) in [6.45, 7) is 0.520. The Morgan fingerprint density at radius 2 is 1.86 bits per heavy atom. The third-order valence-corrected chi connectivity index (χ3v) is 5.09. The first-order chi connectivity index (χ1) is 13.9. The SMILES string of the molecule is O=C(CCc1c(-c2ccc(F)cc2)[nH]c2c(F)c(F)ccc12)NC1CCNC1=O. The van der Waals surface area contributed by atoms with Crippen LogP contribution in [0.4, 0.5) is 13.2 Å². The van der Waals surface area contributed by atoms with E-state index in [0.717, 1.165) is 6.07 Å². The van der Waals surface area contributed by atoms with Crippen LogP contribution in [-0.2, 0) is 16.0 Å². The van der Waals surface area contributed by atoms with Crippen molar-refractivity contribution >= 4 is 22.7 Å². The van der Waals surface area contributed by atoms with E-state index in [1.807, 2.05) is 0 Å². The van der Waals surface area contributed by atoms with Crippen molar-refractivity contribution in [1.29, 1.82) is 0 Å². The molecule has 0 aliphatic carbocycles. The number of nitrogens with one attached hydrogen (secondary N) is 3. The number of aromatic nitrogens is 1. The number of amides is 2. The molecule has 2 amide bonds. The van der Waals surface area contributed by atoms with Crippen LogP contribution >= 0.6 is 0 Å². The van der Waals surface area contributed by atoms with Crippen LogP contribution < -0.4 is 10.6 Å². The van der Waals surface area contributed by atoms with Gasteiger partial charge in [-0.15, -0.1) is 0 Å². The molecule has 4 rings (SSSR count). The molecular formula is C21H18F3N3O2. The second-order valence-electron chi connectivity index (χ2n) is 6.97. The molecule has 3 N–H and O–H groups in total. The number of fused-ring (bicyclic) bond motifs is 1. The first kappa shape index (κ1) is 19.0. The maximum absolute atomic E-state index is 14.3. The second-order valence-corrected chi connectivity index (χ2v) is 6.97. The van der Waals surface area contributed by atoms with E-state index in [1.54, 1.807) is 0 Å². The van der Waals surface area contributed by atoms with Crippen molar-refractivity contribution in [3.05, 3.63) is 59.4 Å². The first-order valence-corrected chi connectivity index (χ1v) is 9.25. The molecule has 8 heteroatoms. The Morgan fingerprint density at radius 3 is 2.55 bits per heavy atom. The molecule has 0 saturated carbocycles. The number of hydrogen-bond acceptors (Lipinski definition) is 2. The van der Waals surface area contributed by atoms with Crippen LogP contribution in [0.2, 0.25) is 0 Å². The maximum atomic E-state index is 14.3. The minimum absolute atomic E-state index is 0.00472. The average molecular weight is 401 g/mol. The summed E-state index contributed by atoms with van der Waals surface area (Å²) in [6, 6.07) is 7.54. The van der Waals surface area contributed by atoms with E-state index in [0.29, 0.717) is 35.2 Å². The van der Waals surface area contributed by atoms with Gasteiger partial charge in [-0.2, -0.15) is 0 Å². The molecule has 0 radical (unpaired) electrons. The number of rotatable bonds is 5. The largest absolute Gasteiger partial charge is 0.354 e. The van der Waals surface area contributed by atoms with E-state index in [1.165, 1.54) is 30.3 Å². The van der Waals surface area contributed by atoms with Crippen molar-refractivity contribution in [2.24, 2.45) is 0 Å². The molecule has 1 aliphatic rings. The zero-order valence-corrected chi connectivity index (χ0v) is 15.3. The summed E-state index contributed by atoms with van der Waals surface area (Å²) >= 11 is 0. The molecule has 150 valence electrons. The highest BCUT2D eigenvalue weighted by atomic mass is 19.2. The van der Waals surface area contributed by atoms with Gasteiger partial charge in [-0.3, -0.25) is 9.59 Å². The smallest absolute Gasteiger partial charge is 0.242 e. The Labute approximate surface area is 164 Å². The Bertz CT molecular complexity index is 1090. The minimum atomic E-state index is -1.01. The van der Waals surface area contributed by atoms with Crippen LogP contribution in [0.15, 0.2) is 36.4 Å². The Morgan fingerprint density at radius 1 is 1.10 bits per heavy atom. The molecule has 5 nitrogen and oxygen atoms in total. The van der Waals surface area contributed by atoms with Gasteiger partial charge in [0.1, 0.15) is 11.9 Å². The van der Waals surface area contributed by atoms with Gasteiger partial charge in [0.05, 0.1) is 5.52 Å². The third-order valence-electron chi connectivity index (χ3n) is 5.09. The fraction of sp³-hybridized carbons (Fsp3) is 0.238. The lowest BCUT2D eigenvalue weighted by molar-refractivity contribution is -0.127. The van der Waals surface area contributed by atoms with Crippen LogP contribution in [0, 0.1) is 17.5 Å². The second kappa shape index (κ2) is 7.62. The van der Waals surface area contributed by atoms with Crippen molar-refractivity contribution in [2.75, 3.05) is 6.54 Å². The summed E-state index contributed by atoms with van der Waals surface area (Å²) in [5.74, 6) is -2.94. The number of halogens is 3. The van der Waals surface area contributed by atoms with Gasteiger partial charge in [0.25, 0.3) is 0 Å². The quantitative estimate of drug-likeness (QED) is 0.614. The summed E-state index contributed by atoms with van der Waals surface area (Å²) in [7, 11) is 0. The highest BCUT2D eigenvalue weighted by Gasteiger charge is 2.26. The number of hydrogen-bond donors (Lipinski definition) is 3. The summed E-state index contributed by atoms with van der Waals surface area (Å²) in [6.07, 6.45) is 0.824. The van der Waals surface area contributed by atoms with E-state index < -0.39 is 23.5 Å². The van der Waals surface area contributed by atoms with Gasteiger partial charge in [-0.25, -0.2) is 13.2 Å². The molecule has 1 atom stereocenters. The molecule has 1 fully saturated rings. The Balaban J connectivity index is 1.65. The summed E-state index contributed by atoms with van der Waals surface area (Å²) in [4.78, 5) is 26.8. The summed E-state index contributed by atoms with van der Waals surface area (Å²) < 4.78 is 41.3. The zero-order valence-electron chi connectivity index (χ0n) is 15.3. The predicted molar refractivity (Wildman–Crippen MR) is 101 cm³/mol. The number of H-pyrrole nitrogens is 1. The molecule has 3 aromatic rings. The van der Waals surface area contributed by atoms with Gasteiger partial charge in [-0.1, -0.05) is 0 Å². The van der Waals surface area contributed by atoms with Crippen molar-refractivity contribution in [1.82, 2.24) is 15.6 Å². The van der Waals surface area contributed by atoms with Crippen LogP contribution in [0.5, 0.6) is 0 Å². The monoisotopic (exact) mass is 401 g/mol. The lowest BCUT2D eigenvalue weighted by Crippen LogP contribution is -2.40. The standard InChI is InChI=1S/C21H18F3N3O2/c22-12-3-1-11(2-4-12)19-13(14-5-7-15(23)18(24)20(14)27-19)6-8-17(28)26-16-9-10-25-21(16)29/h1-5,7,16,27H,6,8-10H2,(H,25,29)(H,26,28). The van der Waals surface area contributed by atoms with Crippen LogP contribution in [0.25, 0.3) is 22.2 Å². The fourth-order valence-electron chi connectivity index (χ4n) is 3.62. The lowest BCUT2D eigenvalue weighted by atomic mass is 10.0. The average Bonchev–Trinajstić information content (AvgIpc) is 3.27. The van der Waals surface area contributed by atoms with Crippen LogP contribution in [-0.4, -0.2) is 29.4 Å².